The summed E-state index contributed by atoms with van der Waals surface area (Å²) in [5.74, 6) is 0. The second kappa shape index (κ2) is 3.46. The van der Waals surface area contributed by atoms with E-state index in [-0.39, 0.29) is 0 Å². The molecule has 14 heavy (non-hydrogen) atoms. The van der Waals surface area contributed by atoms with Crippen LogP contribution in [0.3, 0.4) is 0 Å². The summed E-state index contributed by atoms with van der Waals surface area (Å²) in [5.41, 5.74) is 2.59. The van der Waals surface area contributed by atoms with Gasteiger partial charge in [0.2, 0.25) is 0 Å². The molecule has 0 unspecified atom stereocenters. The third-order valence-corrected chi connectivity index (χ3v) is 2.44. The number of carbonyl (C=O) groups excluding carboxylic acids is 1. The van der Waals surface area contributed by atoms with Crippen molar-refractivity contribution in [2.45, 2.75) is 6.92 Å². The highest BCUT2D eigenvalue weighted by Crippen LogP contribution is 2.17. The Morgan fingerprint density at radius 2 is 2.07 bits per heavy atom. The lowest BCUT2D eigenvalue weighted by molar-refractivity contribution is 0.111. The van der Waals surface area contributed by atoms with Crippen LogP contribution in [0.4, 0.5) is 0 Å². The van der Waals surface area contributed by atoms with Crippen molar-refractivity contribution in [2.24, 2.45) is 0 Å². The van der Waals surface area contributed by atoms with Crippen LogP contribution in [0.2, 0.25) is 0 Å². The van der Waals surface area contributed by atoms with E-state index < -0.39 is 0 Å². The highest BCUT2D eigenvalue weighted by atomic mass is 79.9. The maximum Gasteiger partial charge on any atom is 0.170 e. The molecule has 1 aromatic heterocycles. The van der Waals surface area contributed by atoms with Gasteiger partial charge in [-0.3, -0.25) is 4.79 Å². The van der Waals surface area contributed by atoms with E-state index >= 15 is 0 Å². The van der Waals surface area contributed by atoms with Crippen LogP contribution in [0.25, 0.3) is 11.0 Å². The molecule has 0 aliphatic carbocycles. The van der Waals surface area contributed by atoms with E-state index in [4.69, 9.17) is 0 Å². The Hall–Kier alpha value is -1.29. The van der Waals surface area contributed by atoms with E-state index in [1.54, 1.807) is 6.92 Å². The Morgan fingerprint density at radius 1 is 1.29 bits per heavy atom. The molecule has 70 valence electrons. The molecule has 0 fully saturated rings. The fraction of sp³-hybridized carbons (Fsp3) is 0.100. The van der Waals surface area contributed by atoms with Gasteiger partial charge >= 0.3 is 0 Å². The molecule has 0 radical (unpaired) electrons. The van der Waals surface area contributed by atoms with Crippen LogP contribution in [-0.2, 0) is 0 Å². The van der Waals surface area contributed by atoms with Crippen LogP contribution >= 0.6 is 15.9 Å². The topological polar surface area (TPSA) is 42.9 Å². The van der Waals surface area contributed by atoms with Crippen molar-refractivity contribution in [3.63, 3.8) is 0 Å². The first-order valence-electron chi connectivity index (χ1n) is 4.10. The predicted molar refractivity (Wildman–Crippen MR) is 57.4 cm³/mol. The second-order valence-electron chi connectivity index (χ2n) is 2.95. The quantitative estimate of drug-likeness (QED) is 0.731. The highest BCUT2D eigenvalue weighted by molar-refractivity contribution is 9.10. The van der Waals surface area contributed by atoms with Gasteiger partial charge in [0.05, 0.1) is 16.7 Å². The number of aryl methyl sites for hydroxylation is 1. The zero-order valence-electron chi connectivity index (χ0n) is 7.49. The molecule has 0 amide bonds. The van der Waals surface area contributed by atoms with Gasteiger partial charge in [0.25, 0.3) is 0 Å². The van der Waals surface area contributed by atoms with E-state index in [0.717, 1.165) is 21.8 Å². The largest absolute Gasteiger partial charge is 0.296 e. The fourth-order valence-electron chi connectivity index (χ4n) is 1.24. The van der Waals surface area contributed by atoms with Crippen molar-refractivity contribution in [1.29, 1.82) is 0 Å². The Labute approximate surface area is 89.3 Å². The Kier molecular flexibility index (Phi) is 2.29. The molecule has 1 aromatic carbocycles. The van der Waals surface area contributed by atoms with E-state index in [1.807, 2.05) is 18.2 Å². The minimum atomic E-state index is 0.403. The molecule has 0 saturated heterocycles. The predicted octanol–water partition coefficient (Wildman–Crippen LogP) is 2.51. The number of halogens is 1. The maximum absolute atomic E-state index is 10.6. The fourth-order valence-corrected chi connectivity index (χ4v) is 1.59. The smallest absolute Gasteiger partial charge is 0.170 e. The van der Waals surface area contributed by atoms with Crippen molar-refractivity contribution in [1.82, 2.24) is 9.97 Å². The third-order valence-electron chi connectivity index (χ3n) is 1.95. The van der Waals surface area contributed by atoms with Gasteiger partial charge in [-0.25, -0.2) is 9.97 Å². The zero-order chi connectivity index (χ0) is 10.1. The zero-order valence-corrected chi connectivity index (χ0v) is 9.08. The molecule has 0 bridgehead atoms. The molecule has 0 atom stereocenters. The summed E-state index contributed by atoms with van der Waals surface area (Å²) in [5, 5.41) is 0. The maximum atomic E-state index is 10.6. The first-order chi connectivity index (χ1) is 6.70. The molecule has 0 N–H and O–H groups in total. The van der Waals surface area contributed by atoms with Crippen LogP contribution in [0.5, 0.6) is 0 Å². The van der Waals surface area contributed by atoms with Crippen molar-refractivity contribution >= 4 is 33.2 Å². The minimum Gasteiger partial charge on any atom is -0.296 e. The number of rotatable bonds is 1. The Morgan fingerprint density at radius 3 is 2.79 bits per heavy atom. The van der Waals surface area contributed by atoms with E-state index in [9.17, 15) is 4.79 Å². The second-order valence-corrected chi connectivity index (χ2v) is 3.86. The van der Waals surface area contributed by atoms with E-state index in [2.05, 4.69) is 25.9 Å². The molecule has 1 heterocycles. The van der Waals surface area contributed by atoms with Crippen molar-refractivity contribution < 1.29 is 4.79 Å². The van der Waals surface area contributed by atoms with Crippen LogP contribution < -0.4 is 0 Å². The van der Waals surface area contributed by atoms with Crippen LogP contribution in [0, 0.1) is 6.92 Å². The van der Waals surface area contributed by atoms with E-state index in [0.29, 0.717) is 11.4 Å². The van der Waals surface area contributed by atoms with Gasteiger partial charge in [0.15, 0.2) is 6.29 Å². The molecular formula is C10H7BrN2O. The molecular weight excluding hydrogens is 244 g/mol. The molecule has 2 aromatic rings. The number of benzene rings is 1. The number of fused-ring (bicyclic) bond motifs is 1. The molecule has 4 heteroatoms. The molecule has 0 aliphatic rings. The lowest BCUT2D eigenvalue weighted by atomic mass is 10.2. The van der Waals surface area contributed by atoms with Crippen molar-refractivity contribution in [3.05, 3.63) is 34.1 Å². The first-order valence-corrected chi connectivity index (χ1v) is 4.89. The molecule has 2 rings (SSSR count). The minimum absolute atomic E-state index is 0.403. The van der Waals surface area contributed by atoms with Crippen molar-refractivity contribution in [3.8, 4) is 0 Å². The average Bonchev–Trinajstić information content (AvgIpc) is 2.16. The number of hydrogen-bond acceptors (Lipinski definition) is 3. The molecule has 0 saturated carbocycles. The number of carbonyl (C=O) groups is 1. The number of aldehydes is 1. The van der Waals surface area contributed by atoms with Gasteiger partial charge in [0.1, 0.15) is 5.69 Å². The average molecular weight is 251 g/mol. The molecule has 0 spiro atoms. The summed E-state index contributed by atoms with van der Waals surface area (Å²) in [6, 6.07) is 5.59. The number of nitrogens with zero attached hydrogens (tertiary/aromatic N) is 2. The lowest BCUT2D eigenvalue weighted by Crippen LogP contribution is -1.96. The van der Waals surface area contributed by atoms with Gasteiger partial charge in [-0.15, -0.1) is 0 Å². The highest BCUT2D eigenvalue weighted by Gasteiger charge is 2.03. The van der Waals surface area contributed by atoms with Gasteiger partial charge in [-0.2, -0.15) is 0 Å². The van der Waals surface area contributed by atoms with Gasteiger partial charge in [0, 0.05) is 4.47 Å². The van der Waals surface area contributed by atoms with Gasteiger partial charge in [-0.05, 0) is 25.1 Å². The number of aromatic nitrogens is 2. The molecule has 0 aliphatic heterocycles. The third kappa shape index (κ3) is 1.53. The molecule has 3 nitrogen and oxygen atoms in total. The van der Waals surface area contributed by atoms with Gasteiger partial charge in [-0.1, -0.05) is 15.9 Å². The summed E-state index contributed by atoms with van der Waals surface area (Å²) in [4.78, 5) is 19.1. The summed E-state index contributed by atoms with van der Waals surface area (Å²) in [6.45, 7) is 1.77. The monoisotopic (exact) mass is 250 g/mol. The first kappa shape index (κ1) is 9.27. The Bertz CT molecular complexity index is 511. The lowest BCUT2D eigenvalue weighted by Gasteiger charge is -2.01. The van der Waals surface area contributed by atoms with E-state index in [1.165, 1.54) is 0 Å². The normalized spacial score (nSPS) is 10.4. The van der Waals surface area contributed by atoms with Crippen LogP contribution in [-0.4, -0.2) is 16.3 Å². The summed E-state index contributed by atoms with van der Waals surface area (Å²) in [7, 11) is 0. The summed E-state index contributed by atoms with van der Waals surface area (Å²) >= 11 is 3.36. The number of hydrogen-bond donors (Lipinski definition) is 0. The van der Waals surface area contributed by atoms with Gasteiger partial charge < -0.3 is 0 Å². The summed E-state index contributed by atoms with van der Waals surface area (Å²) in [6.07, 6.45) is 0.726. The van der Waals surface area contributed by atoms with Crippen LogP contribution in [0.15, 0.2) is 22.7 Å². The Balaban J connectivity index is 2.79. The van der Waals surface area contributed by atoms with Crippen molar-refractivity contribution in [2.75, 3.05) is 0 Å². The SMILES string of the molecule is Cc1nc2cc(Br)ccc2nc1C=O. The van der Waals surface area contributed by atoms with Crippen LogP contribution in [0.1, 0.15) is 16.2 Å². The summed E-state index contributed by atoms with van der Waals surface area (Å²) < 4.78 is 0.956. The standard InChI is InChI=1S/C10H7BrN2O/c1-6-10(5-14)13-8-3-2-7(11)4-9(8)12-6/h2-5H,1H3.